The van der Waals surface area contributed by atoms with E-state index in [0.717, 1.165) is 50.1 Å². The van der Waals surface area contributed by atoms with Crippen LogP contribution >= 0.6 is 0 Å². The maximum absolute atomic E-state index is 13.3. The summed E-state index contributed by atoms with van der Waals surface area (Å²) in [5.74, 6) is 8.73. The molecule has 0 aliphatic heterocycles. The zero-order valence-electron chi connectivity index (χ0n) is 29.3. The molecule has 1 saturated carbocycles. The Kier molecular flexibility index (Phi) is 13.8. The number of hydrogen-bond donors (Lipinski definition) is 0. The van der Waals surface area contributed by atoms with E-state index < -0.39 is 22.1 Å². The van der Waals surface area contributed by atoms with E-state index in [1.54, 1.807) is 24.3 Å². The topological polar surface area (TPSA) is 72.0 Å². The first-order chi connectivity index (χ1) is 20.4. The van der Waals surface area contributed by atoms with Crippen molar-refractivity contribution in [3.05, 3.63) is 145 Å². The molecule has 1 aliphatic rings. The van der Waals surface area contributed by atoms with Crippen LogP contribution in [0.5, 0.6) is 0 Å². The first-order valence-corrected chi connectivity index (χ1v) is 16.7. The Morgan fingerprint density at radius 3 is 1.16 bits per heavy atom. The number of hydrogen-bond acceptors (Lipinski definition) is 2. The Hall–Kier alpha value is -1.85. The quantitative estimate of drug-likeness (QED) is 0.239. The van der Waals surface area contributed by atoms with Gasteiger partial charge in [-0.2, -0.15) is 0 Å². The van der Waals surface area contributed by atoms with Crippen molar-refractivity contribution in [2.24, 2.45) is 0 Å². The molecule has 2 atom stereocenters. The van der Waals surface area contributed by atoms with Gasteiger partial charge in [-0.15, -0.1) is 12.1 Å². The van der Waals surface area contributed by atoms with Crippen molar-refractivity contribution in [1.82, 2.24) is 0 Å². The summed E-state index contributed by atoms with van der Waals surface area (Å²) in [6, 6.07) is 13.2. The van der Waals surface area contributed by atoms with Crippen molar-refractivity contribution < 1.29 is 27.9 Å². The van der Waals surface area contributed by atoms with Crippen molar-refractivity contribution in [2.75, 3.05) is 0 Å². The van der Waals surface area contributed by atoms with Crippen LogP contribution in [-0.2, 0) is 29.5 Å². The van der Waals surface area contributed by atoms with E-state index in [2.05, 4.69) is 46.3 Å². The molecule has 3 aromatic rings. The molecular weight excluding hydrogens is 662 g/mol. The van der Waals surface area contributed by atoms with Crippen LogP contribution in [0.25, 0.3) is 10.5 Å². The molecule has 0 spiro atoms. The first kappa shape index (κ1) is 39.3. The van der Waals surface area contributed by atoms with Gasteiger partial charge in [-0.1, -0.05) is 106 Å². The fourth-order valence-electron chi connectivity index (χ4n) is 6.39. The number of nitrogens with zero attached hydrogens (tertiary/aromatic N) is 1. The van der Waals surface area contributed by atoms with Gasteiger partial charge in [0.2, 0.25) is 0 Å². The van der Waals surface area contributed by atoms with E-state index in [9.17, 15) is 14.2 Å². The van der Waals surface area contributed by atoms with Gasteiger partial charge >= 0.3 is 19.5 Å². The van der Waals surface area contributed by atoms with Crippen molar-refractivity contribution in [1.29, 1.82) is 0 Å². The van der Waals surface area contributed by atoms with Gasteiger partial charge in [-0.25, -0.2) is 8.42 Å². The van der Waals surface area contributed by atoms with Gasteiger partial charge in [0.05, 0.1) is 0 Å². The number of rotatable bonds is 6. The zero-order chi connectivity index (χ0) is 33.3. The minimum Gasteiger partial charge on any atom is -0.672 e. The van der Waals surface area contributed by atoms with Crippen LogP contribution in [0.2, 0.25) is 0 Å². The van der Waals surface area contributed by atoms with Gasteiger partial charge in [-0.3, -0.25) is 0 Å². The molecule has 1 fully saturated rings. The molecule has 242 valence electrons. The Bertz CT molecular complexity index is 1450. The standard InChI is InChI=1S/C27H32N2O2S.C12H18.Ru/c1-16-8-10-23(11-9-16)32(30,31)29-27(25-21(6)14-18(3)15-22(25)7)26(28)24-19(4)12-17(2)13-20(24)5;1-7-8(2)10(4)12(6)11(5)9(7)3;/h8-15,26-28H,1-7H3;1-6H3;/q-2;;+2/t26-,27-;;/m1../s1. The molecule has 1 aliphatic carbocycles. The Labute approximate surface area is 288 Å². The van der Waals surface area contributed by atoms with E-state index in [-0.39, 0.29) is 24.4 Å². The van der Waals surface area contributed by atoms with Gasteiger partial charge in [0.15, 0.2) is 0 Å². The molecule has 0 unspecified atom stereocenters. The van der Waals surface area contributed by atoms with Crippen LogP contribution in [0.15, 0.2) is 53.4 Å². The average Bonchev–Trinajstić information content (AvgIpc) is 2.93. The van der Waals surface area contributed by atoms with Crippen molar-refractivity contribution in [2.45, 2.75) is 107 Å². The average molecular weight is 712 g/mol. The molecule has 0 bridgehead atoms. The first-order valence-electron chi connectivity index (χ1n) is 15.3. The van der Waals surface area contributed by atoms with E-state index in [0.29, 0.717) is 0 Å². The van der Waals surface area contributed by atoms with Crippen molar-refractivity contribution >= 4 is 10.0 Å². The largest absolute Gasteiger partial charge is 2.00 e. The van der Waals surface area contributed by atoms with Gasteiger partial charge in [-0.05, 0) is 118 Å². The molecule has 4 nitrogen and oxygen atoms in total. The van der Waals surface area contributed by atoms with Crippen molar-refractivity contribution in [3.63, 3.8) is 0 Å². The molecule has 6 heteroatoms. The summed E-state index contributed by atoms with van der Waals surface area (Å²) >= 11 is 0. The minimum absolute atomic E-state index is 0. The summed E-state index contributed by atoms with van der Waals surface area (Å²) in [6.07, 6.45) is 0. The van der Waals surface area contributed by atoms with E-state index in [1.807, 2.05) is 72.7 Å². The second-order valence-electron chi connectivity index (χ2n) is 12.7. The second-order valence-corrected chi connectivity index (χ2v) is 14.3. The SMILES string of the molecule is C[C]1[C](C)[C](C)[C](C)[C](C)[C]1C.Cc1ccc(S(=O)(=O)[N-][C@H](c2c(C)cc(C)cc2C)[C@H]([NH-])c2c(C)cc(C)cc2C)cc1.[Ru+2]. The predicted octanol–water partition coefficient (Wildman–Crippen LogP) is 11.0. The molecule has 45 heavy (non-hydrogen) atoms. The van der Waals surface area contributed by atoms with Crippen LogP contribution in [0.4, 0.5) is 0 Å². The van der Waals surface area contributed by atoms with Gasteiger partial charge in [0.25, 0.3) is 0 Å². The van der Waals surface area contributed by atoms with Crippen LogP contribution < -0.4 is 0 Å². The third-order valence-corrected chi connectivity index (χ3v) is 10.7. The van der Waals surface area contributed by atoms with Crippen molar-refractivity contribution in [3.8, 4) is 0 Å². The Balaban J connectivity index is 0.000000457. The molecule has 3 aromatic carbocycles. The number of sulfonamides is 1. The van der Waals surface area contributed by atoms with E-state index >= 15 is 0 Å². The number of benzene rings is 3. The zero-order valence-corrected chi connectivity index (χ0v) is 31.9. The normalized spacial score (nSPS) is 17.4. The predicted molar refractivity (Wildman–Crippen MR) is 186 cm³/mol. The summed E-state index contributed by atoms with van der Waals surface area (Å²) in [5, 5.41) is 0. The second kappa shape index (κ2) is 15.8. The van der Waals surface area contributed by atoms with E-state index in [4.69, 9.17) is 0 Å². The van der Waals surface area contributed by atoms with Gasteiger partial charge in [0, 0.05) is 4.90 Å². The smallest absolute Gasteiger partial charge is 0.672 e. The number of aryl methyl sites for hydroxylation is 7. The molecule has 0 heterocycles. The Morgan fingerprint density at radius 2 is 0.822 bits per heavy atom. The molecule has 6 radical (unpaired) electrons. The fraction of sp³-hybridized carbons (Fsp3) is 0.385. The fourth-order valence-corrected chi connectivity index (χ4v) is 7.51. The summed E-state index contributed by atoms with van der Waals surface area (Å²) in [5.41, 5.74) is 18.0. The van der Waals surface area contributed by atoms with Gasteiger partial charge in [0.1, 0.15) is 10.0 Å². The van der Waals surface area contributed by atoms with Crippen LogP contribution in [-0.4, -0.2) is 8.42 Å². The number of nitrogens with one attached hydrogen (secondary N) is 1. The third-order valence-electron chi connectivity index (χ3n) is 9.34. The molecule has 4 rings (SSSR count). The van der Waals surface area contributed by atoms with Gasteiger partial charge < -0.3 is 10.5 Å². The summed E-state index contributed by atoms with van der Waals surface area (Å²) in [7, 11) is -3.95. The maximum Gasteiger partial charge on any atom is 2.00 e. The monoisotopic (exact) mass is 712 g/mol. The van der Waals surface area contributed by atoms with Crippen LogP contribution in [0.1, 0.15) is 104 Å². The van der Waals surface area contributed by atoms with Crippen LogP contribution in [0.3, 0.4) is 0 Å². The summed E-state index contributed by atoms with van der Waals surface area (Å²) in [4.78, 5) is 0.153. The Morgan fingerprint density at radius 1 is 0.511 bits per heavy atom. The summed E-state index contributed by atoms with van der Waals surface area (Å²) in [6.45, 7) is 27.1. The molecule has 0 saturated heterocycles. The molecular formula is C39H50N2O2RuS. The molecule has 0 amide bonds. The third kappa shape index (κ3) is 8.95. The molecule has 1 N–H and O–H groups in total. The minimum atomic E-state index is -3.95. The maximum atomic E-state index is 13.3. The molecule has 0 aromatic heterocycles. The summed E-state index contributed by atoms with van der Waals surface area (Å²) < 4.78 is 31.0. The van der Waals surface area contributed by atoms with E-state index in [1.165, 1.54) is 35.5 Å². The van der Waals surface area contributed by atoms with Crippen LogP contribution in [0, 0.1) is 84.0 Å².